The summed E-state index contributed by atoms with van der Waals surface area (Å²) in [5, 5.41) is 2.46. The molecule has 0 radical (unpaired) electrons. The highest BCUT2D eigenvalue weighted by Gasteiger charge is 2.46. The Labute approximate surface area is 157 Å². The summed E-state index contributed by atoms with van der Waals surface area (Å²) in [5.74, 6) is -1.55. The van der Waals surface area contributed by atoms with Gasteiger partial charge in [-0.3, -0.25) is 9.79 Å². The second-order valence-corrected chi connectivity index (χ2v) is 5.91. The topological polar surface area (TPSA) is 112 Å². The van der Waals surface area contributed by atoms with Crippen LogP contribution in [0.4, 0.5) is 18.9 Å². The van der Waals surface area contributed by atoms with E-state index in [4.69, 9.17) is 15.2 Å². The van der Waals surface area contributed by atoms with E-state index in [1.54, 1.807) is 0 Å². The SMILES string of the molecule is COc1cnc(C(=O)Nc2ccc(F)c([C@]3(C(F)F)COCC(N)=N3)c2)cn1. The largest absolute Gasteiger partial charge is 0.480 e. The van der Waals surface area contributed by atoms with Crippen LogP contribution in [-0.2, 0) is 10.3 Å². The molecule has 0 saturated heterocycles. The van der Waals surface area contributed by atoms with Gasteiger partial charge in [-0.15, -0.1) is 0 Å². The smallest absolute Gasteiger partial charge is 0.275 e. The Morgan fingerprint density at radius 2 is 2.14 bits per heavy atom. The highest BCUT2D eigenvalue weighted by atomic mass is 19.3. The molecule has 0 saturated carbocycles. The van der Waals surface area contributed by atoms with Gasteiger partial charge in [0.15, 0.2) is 5.54 Å². The zero-order valence-electron chi connectivity index (χ0n) is 14.7. The molecule has 1 amide bonds. The standard InChI is InChI=1S/C17H16F3N5O3/c1-27-14-6-22-12(5-23-14)15(26)24-9-2-3-11(18)10(4-9)17(16(19)20)8-28-7-13(21)25-17/h2-6,16H,7-8H2,1H3,(H2,21,25)(H,24,26)/t17-/m0/s1. The van der Waals surface area contributed by atoms with Crippen molar-refractivity contribution in [1.82, 2.24) is 9.97 Å². The number of nitrogens with two attached hydrogens (primary N) is 1. The second kappa shape index (κ2) is 7.80. The molecule has 1 aliphatic rings. The fourth-order valence-corrected chi connectivity index (χ4v) is 2.67. The summed E-state index contributed by atoms with van der Waals surface area (Å²) in [7, 11) is 1.40. The van der Waals surface area contributed by atoms with Gasteiger partial charge >= 0.3 is 0 Å². The van der Waals surface area contributed by atoms with Gasteiger partial charge in [0.25, 0.3) is 12.3 Å². The summed E-state index contributed by atoms with van der Waals surface area (Å²) >= 11 is 0. The molecule has 0 bridgehead atoms. The summed E-state index contributed by atoms with van der Waals surface area (Å²) < 4.78 is 51.9. The van der Waals surface area contributed by atoms with Crippen molar-refractivity contribution >= 4 is 17.4 Å². The number of hydrogen-bond acceptors (Lipinski definition) is 7. The third kappa shape index (κ3) is 3.74. The Hall–Kier alpha value is -3.21. The summed E-state index contributed by atoms with van der Waals surface area (Å²) in [6.07, 6.45) is -0.661. The van der Waals surface area contributed by atoms with Crippen LogP contribution in [0.15, 0.2) is 35.6 Å². The highest BCUT2D eigenvalue weighted by Crippen LogP contribution is 2.37. The van der Waals surface area contributed by atoms with Crippen LogP contribution in [0, 0.1) is 5.82 Å². The van der Waals surface area contributed by atoms with Crippen LogP contribution >= 0.6 is 0 Å². The zero-order valence-corrected chi connectivity index (χ0v) is 14.7. The minimum Gasteiger partial charge on any atom is -0.480 e. The minimum atomic E-state index is -3.08. The maximum atomic E-state index is 14.4. The minimum absolute atomic E-state index is 0.0430. The first-order valence-electron chi connectivity index (χ1n) is 8.03. The number of hydrogen-bond donors (Lipinski definition) is 2. The van der Waals surface area contributed by atoms with Crippen molar-refractivity contribution in [3.63, 3.8) is 0 Å². The van der Waals surface area contributed by atoms with E-state index >= 15 is 0 Å². The fourth-order valence-electron chi connectivity index (χ4n) is 2.67. The van der Waals surface area contributed by atoms with Gasteiger partial charge in [0.05, 0.1) is 26.1 Å². The highest BCUT2D eigenvalue weighted by molar-refractivity contribution is 6.02. The third-order valence-corrected chi connectivity index (χ3v) is 4.04. The molecule has 2 heterocycles. The Kier molecular flexibility index (Phi) is 5.45. The van der Waals surface area contributed by atoms with E-state index in [2.05, 4.69) is 20.3 Å². The summed E-state index contributed by atoms with van der Waals surface area (Å²) in [5.41, 5.74) is 2.81. The van der Waals surface area contributed by atoms with Crippen molar-refractivity contribution in [2.45, 2.75) is 12.0 Å². The predicted octanol–water partition coefficient (Wildman–Crippen LogP) is 1.72. The lowest BCUT2D eigenvalue weighted by Gasteiger charge is -2.33. The van der Waals surface area contributed by atoms with Gasteiger partial charge in [-0.25, -0.2) is 23.1 Å². The lowest BCUT2D eigenvalue weighted by Crippen LogP contribution is -2.45. The van der Waals surface area contributed by atoms with Gasteiger partial charge in [-0.2, -0.15) is 0 Å². The molecule has 0 fully saturated rings. The molecular formula is C17H16F3N5O3. The number of halogens is 3. The van der Waals surface area contributed by atoms with E-state index in [1.165, 1.54) is 25.6 Å². The van der Waals surface area contributed by atoms with E-state index < -0.39 is 35.9 Å². The number of ether oxygens (including phenoxy) is 2. The van der Waals surface area contributed by atoms with Crippen molar-refractivity contribution in [3.05, 3.63) is 47.7 Å². The van der Waals surface area contributed by atoms with Crippen molar-refractivity contribution in [2.75, 3.05) is 25.6 Å². The summed E-state index contributed by atoms with van der Waals surface area (Å²) in [6, 6.07) is 3.25. The van der Waals surface area contributed by atoms with Crippen molar-refractivity contribution in [3.8, 4) is 5.88 Å². The van der Waals surface area contributed by atoms with Gasteiger partial charge in [-0.05, 0) is 18.2 Å². The number of amidine groups is 1. The van der Waals surface area contributed by atoms with Crippen LogP contribution in [0.2, 0.25) is 0 Å². The molecule has 0 unspecified atom stereocenters. The van der Waals surface area contributed by atoms with Crippen LogP contribution in [0.5, 0.6) is 5.88 Å². The van der Waals surface area contributed by atoms with Crippen LogP contribution in [-0.4, -0.2) is 48.5 Å². The molecule has 0 aliphatic carbocycles. The van der Waals surface area contributed by atoms with Crippen LogP contribution in [0.3, 0.4) is 0 Å². The van der Waals surface area contributed by atoms with Gasteiger partial charge < -0.3 is 20.5 Å². The second-order valence-electron chi connectivity index (χ2n) is 5.91. The lowest BCUT2D eigenvalue weighted by molar-refractivity contribution is -0.0145. The van der Waals surface area contributed by atoms with E-state index in [9.17, 15) is 18.0 Å². The van der Waals surface area contributed by atoms with Gasteiger partial charge in [0.1, 0.15) is 24.0 Å². The van der Waals surface area contributed by atoms with Crippen LogP contribution < -0.4 is 15.8 Å². The number of nitrogens with zero attached hydrogens (tertiary/aromatic N) is 3. The number of aromatic nitrogens is 2. The summed E-state index contributed by atoms with van der Waals surface area (Å²) in [6.45, 7) is -0.674. The Morgan fingerprint density at radius 3 is 2.75 bits per heavy atom. The van der Waals surface area contributed by atoms with Gasteiger partial charge in [-0.1, -0.05) is 0 Å². The average Bonchev–Trinajstić information content (AvgIpc) is 2.69. The van der Waals surface area contributed by atoms with E-state index in [-0.39, 0.29) is 29.7 Å². The molecule has 0 spiro atoms. The maximum absolute atomic E-state index is 14.4. The molecule has 3 rings (SSSR count). The van der Waals surface area contributed by atoms with E-state index in [1.807, 2.05) is 0 Å². The number of rotatable bonds is 5. The zero-order chi connectivity index (χ0) is 20.3. The number of amides is 1. The molecule has 11 heteroatoms. The molecule has 3 N–H and O–H groups in total. The first-order valence-corrected chi connectivity index (χ1v) is 8.03. The molecule has 2 aromatic rings. The monoisotopic (exact) mass is 395 g/mol. The molecule has 148 valence electrons. The normalized spacial score (nSPS) is 19.2. The van der Waals surface area contributed by atoms with Crippen molar-refractivity contribution in [1.29, 1.82) is 0 Å². The first kappa shape index (κ1) is 19.5. The quantitative estimate of drug-likeness (QED) is 0.798. The number of aliphatic imine (C=N–C) groups is 1. The fraction of sp³-hybridized carbons (Fsp3) is 0.294. The lowest BCUT2D eigenvalue weighted by atomic mass is 9.90. The van der Waals surface area contributed by atoms with Gasteiger partial charge in [0.2, 0.25) is 5.88 Å². The Bertz CT molecular complexity index is 907. The summed E-state index contributed by atoms with van der Waals surface area (Å²) in [4.78, 5) is 23.8. The number of carbonyl (C=O) groups excluding carboxylic acids is 1. The Morgan fingerprint density at radius 1 is 1.36 bits per heavy atom. The number of carbonyl (C=O) groups is 1. The Balaban J connectivity index is 1.92. The van der Waals surface area contributed by atoms with Crippen molar-refractivity contribution in [2.24, 2.45) is 10.7 Å². The molecule has 1 aliphatic heterocycles. The number of methoxy groups -OCH3 is 1. The van der Waals surface area contributed by atoms with Crippen molar-refractivity contribution < 1.29 is 27.4 Å². The molecular weight excluding hydrogens is 379 g/mol. The third-order valence-electron chi connectivity index (χ3n) is 4.04. The van der Waals surface area contributed by atoms with E-state index in [0.717, 1.165) is 12.1 Å². The number of anilines is 1. The maximum Gasteiger partial charge on any atom is 0.275 e. The van der Waals surface area contributed by atoms with Crippen LogP contribution in [0.1, 0.15) is 16.1 Å². The number of nitrogens with one attached hydrogen (secondary N) is 1. The molecule has 1 aromatic heterocycles. The molecule has 1 atom stereocenters. The number of benzene rings is 1. The van der Waals surface area contributed by atoms with E-state index in [0.29, 0.717) is 0 Å². The molecule has 28 heavy (non-hydrogen) atoms. The average molecular weight is 395 g/mol. The first-order chi connectivity index (χ1) is 13.4. The molecule has 8 nitrogen and oxygen atoms in total. The van der Waals surface area contributed by atoms with Crippen LogP contribution in [0.25, 0.3) is 0 Å². The molecule has 1 aromatic carbocycles. The number of alkyl halides is 2. The van der Waals surface area contributed by atoms with Gasteiger partial charge in [0, 0.05) is 11.3 Å². The predicted molar refractivity (Wildman–Crippen MR) is 93.1 cm³/mol.